The molecule has 2 bridgehead atoms. The highest BCUT2D eigenvalue weighted by Crippen LogP contribution is 2.62. The lowest BCUT2D eigenvalue weighted by molar-refractivity contribution is -0.213. The third kappa shape index (κ3) is 2.34. The highest BCUT2D eigenvalue weighted by Gasteiger charge is 2.67. The van der Waals surface area contributed by atoms with Crippen LogP contribution in [0.1, 0.15) is 63.0 Å². The van der Waals surface area contributed by atoms with Gasteiger partial charge in [-0.3, -0.25) is 4.90 Å². The minimum Gasteiger partial charge on any atom is -0.497 e. The summed E-state index contributed by atoms with van der Waals surface area (Å²) in [6.45, 7) is 4.97. The van der Waals surface area contributed by atoms with Gasteiger partial charge in [0, 0.05) is 25.1 Å². The number of piperidine rings is 1. The molecule has 4 atom stereocenters. The van der Waals surface area contributed by atoms with Crippen LogP contribution < -0.4 is 4.74 Å². The van der Waals surface area contributed by atoms with Crippen LogP contribution in [-0.4, -0.2) is 43.9 Å². The van der Waals surface area contributed by atoms with E-state index in [2.05, 4.69) is 30.0 Å². The maximum Gasteiger partial charge on any atom is 0.119 e. The second-order valence-electron chi connectivity index (χ2n) is 9.66. The van der Waals surface area contributed by atoms with E-state index in [1.54, 1.807) is 12.7 Å². The number of nitrogens with zero attached hydrogens (tertiary/aromatic N) is 1. The van der Waals surface area contributed by atoms with Crippen molar-refractivity contribution in [2.24, 2.45) is 11.8 Å². The predicted octanol–water partition coefficient (Wildman–Crippen LogP) is 4.57. The predicted molar refractivity (Wildman–Crippen MR) is 108 cm³/mol. The molecule has 1 saturated heterocycles. The topological polar surface area (TPSA) is 21.7 Å². The minimum absolute atomic E-state index is 0.0490. The Morgan fingerprint density at radius 1 is 1.11 bits per heavy atom. The van der Waals surface area contributed by atoms with Crippen molar-refractivity contribution in [1.82, 2.24) is 4.90 Å². The molecule has 0 spiro atoms. The van der Waals surface area contributed by atoms with Crippen LogP contribution in [0.2, 0.25) is 0 Å². The first kappa shape index (κ1) is 18.0. The molecule has 0 radical (unpaired) electrons. The van der Waals surface area contributed by atoms with E-state index in [0.29, 0.717) is 12.0 Å². The van der Waals surface area contributed by atoms with E-state index in [9.17, 15) is 0 Å². The Bertz CT molecular complexity index is 714. The first-order chi connectivity index (χ1) is 13.1. The molecule has 3 fully saturated rings. The zero-order chi connectivity index (χ0) is 18.6. The van der Waals surface area contributed by atoms with E-state index in [0.717, 1.165) is 18.1 Å². The number of hydrogen-bond donors (Lipinski definition) is 0. The summed E-state index contributed by atoms with van der Waals surface area (Å²) < 4.78 is 12.3. The van der Waals surface area contributed by atoms with Crippen molar-refractivity contribution in [2.75, 3.05) is 27.3 Å². The second kappa shape index (κ2) is 6.49. The number of fused-ring (bicyclic) bond motifs is 1. The molecule has 1 aromatic carbocycles. The summed E-state index contributed by atoms with van der Waals surface area (Å²) in [5.41, 5.74) is 3.19. The average Bonchev–Trinajstić information content (AvgIpc) is 2.65. The van der Waals surface area contributed by atoms with Gasteiger partial charge in [0.05, 0.1) is 12.7 Å². The van der Waals surface area contributed by atoms with Gasteiger partial charge >= 0.3 is 0 Å². The van der Waals surface area contributed by atoms with Crippen LogP contribution >= 0.6 is 0 Å². The molecule has 1 heterocycles. The highest BCUT2D eigenvalue weighted by atomic mass is 16.5. The standard InChI is InChI=1S/C24H35NO2/c1-17-6-5-11-23-12-13-25(16-18-7-4-8-18)22(24(17,23)27-3)14-19-9-10-20(26-2)15-21(19)23/h9-10,15,17-18,22H,4-8,11-14,16H2,1-3H3/t17?,22-,23+,24-/m1/s1. The number of rotatable bonds is 4. The van der Waals surface area contributed by atoms with Crippen molar-refractivity contribution in [2.45, 2.75) is 75.3 Å². The fourth-order valence-corrected chi connectivity index (χ4v) is 7.35. The summed E-state index contributed by atoms with van der Waals surface area (Å²) in [5.74, 6) is 2.52. The van der Waals surface area contributed by atoms with Gasteiger partial charge in [0.25, 0.3) is 0 Å². The number of methoxy groups -OCH3 is 2. The molecule has 1 aromatic rings. The van der Waals surface area contributed by atoms with Crippen molar-refractivity contribution in [3.8, 4) is 5.75 Å². The molecule has 3 heteroatoms. The second-order valence-corrected chi connectivity index (χ2v) is 9.66. The summed E-state index contributed by atoms with van der Waals surface area (Å²) in [4.78, 5) is 2.83. The largest absolute Gasteiger partial charge is 0.497 e. The van der Waals surface area contributed by atoms with Crippen LogP contribution in [0, 0.1) is 11.8 Å². The lowest BCUT2D eigenvalue weighted by Crippen LogP contribution is -2.76. The number of benzene rings is 1. The summed E-state index contributed by atoms with van der Waals surface area (Å²) in [6.07, 6.45) is 10.5. The third-order valence-electron chi connectivity index (χ3n) is 8.78. The van der Waals surface area contributed by atoms with E-state index in [1.807, 2.05) is 7.11 Å². The van der Waals surface area contributed by atoms with Gasteiger partial charge in [0.1, 0.15) is 5.75 Å². The van der Waals surface area contributed by atoms with Gasteiger partial charge in [-0.2, -0.15) is 0 Å². The fourth-order valence-electron chi connectivity index (χ4n) is 7.35. The summed E-state index contributed by atoms with van der Waals surface area (Å²) in [7, 11) is 3.79. The van der Waals surface area contributed by atoms with E-state index >= 15 is 0 Å². The van der Waals surface area contributed by atoms with Gasteiger partial charge in [-0.05, 0) is 80.2 Å². The Morgan fingerprint density at radius 3 is 2.67 bits per heavy atom. The van der Waals surface area contributed by atoms with Crippen LogP contribution in [0.15, 0.2) is 18.2 Å². The quantitative estimate of drug-likeness (QED) is 0.776. The van der Waals surface area contributed by atoms with Crippen LogP contribution in [0.3, 0.4) is 0 Å². The molecule has 148 valence electrons. The lowest BCUT2D eigenvalue weighted by atomic mass is 9.46. The lowest BCUT2D eigenvalue weighted by Gasteiger charge is -2.67. The third-order valence-corrected chi connectivity index (χ3v) is 8.78. The van der Waals surface area contributed by atoms with Gasteiger partial charge in [0.15, 0.2) is 0 Å². The van der Waals surface area contributed by atoms with E-state index in [1.165, 1.54) is 63.6 Å². The summed E-state index contributed by atoms with van der Waals surface area (Å²) in [5, 5.41) is 0. The molecule has 1 unspecified atom stereocenters. The average molecular weight is 370 g/mol. The van der Waals surface area contributed by atoms with Crippen molar-refractivity contribution >= 4 is 0 Å². The normalized spacial score (nSPS) is 38.6. The Hall–Kier alpha value is -1.06. The molecule has 0 N–H and O–H groups in total. The van der Waals surface area contributed by atoms with Gasteiger partial charge < -0.3 is 9.47 Å². The number of likely N-dealkylation sites (tertiary alicyclic amines) is 1. The maximum absolute atomic E-state index is 6.66. The zero-order valence-corrected chi connectivity index (χ0v) is 17.3. The van der Waals surface area contributed by atoms with Gasteiger partial charge in [-0.1, -0.05) is 25.8 Å². The van der Waals surface area contributed by atoms with E-state index in [-0.39, 0.29) is 11.0 Å². The Labute approximate surface area is 164 Å². The van der Waals surface area contributed by atoms with Gasteiger partial charge in [-0.15, -0.1) is 0 Å². The van der Waals surface area contributed by atoms with Crippen LogP contribution in [0.5, 0.6) is 5.75 Å². The fraction of sp³-hybridized carbons (Fsp3) is 0.750. The summed E-state index contributed by atoms with van der Waals surface area (Å²) >= 11 is 0. The molecule has 2 saturated carbocycles. The van der Waals surface area contributed by atoms with E-state index in [4.69, 9.17) is 9.47 Å². The van der Waals surface area contributed by atoms with Crippen molar-refractivity contribution in [1.29, 1.82) is 0 Å². The molecular formula is C24H35NO2. The SMILES string of the molecule is COc1ccc2c(c1)[C@@]13CCCC(C)[C@@]1(OC)[C@@H](C2)N(CC1CCC1)CC3. The maximum atomic E-state index is 6.66. The minimum atomic E-state index is -0.0490. The van der Waals surface area contributed by atoms with Crippen molar-refractivity contribution in [3.05, 3.63) is 29.3 Å². The number of hydrogen-bond acceptors (Lipinski definition) is 3. The molecular weight excluding hydrogens is 334 g/mol. The molecule has 27 heavy (non-hydrogen) atoms. The molecule has 0 amide bonds. The van der Waals surface area contributed by atoms with Crippen LogP contribution in [0.4, 0.5) is 0 Å². The monoisotopic (exact) mass is 369 g/mol. The first-order valence-electron chi connectivity index (χ1n) is 11.1. The molecule has 1 aliphatic heterocycles. The summed E-state index contributed by atoms with van der Waals surface area (Å²) in [6, 6.07) is 7.37. The zero-order valence-electron chi connectivity index (χ0n) is 17.3. The molecule has 3 aliphatic carbocycles. The molecule has 0 aromatic heterocycles. The van der Waals surface area contributed by atoms with Crippen LogP contribution in [0.25, 0.3) is 0 Å². The Morgan fingerprint density at radius 2 is 1.96 bits per heavy atom. The van der Waals surface area contributed by atoms with E-state index < -0.39 is 0 Å². The van der Waals surface area contributed by atoms with Crippen molar-refractivity contribution < 1.29 is 9.47 Å². The van der Waals surface area contributed by atoms with Crippen molar-refractivity contribution in [3.63, 3.8) is 0 Å². The first-order valence-corrected chi connectivity index (χ1v) is 11.1. The number of ether oxygens (including phenoxy) is 2. The van der Waals surface area contributed by atoms with Gasteiger partial charge in [0.2, 0.25) is 0 Å². The highest BCUT2D eigenvalue weighted by molar-refractivity contribution is 5.49. The van der Waals surface area contributed by atoms with Crippen LogP contribution in [-0.2, 0) is 16.6 Å². The molecule has 3 nitrogen and oxygen atoms in total. The molecule has 4 aliphatic rings. The Kier molecular flexibility index (Phi) is 4.32. The molecule has 5 rings (SSSR count). The van der Waals surface area contributed by atoms with Gasteiger partial charge in [-0.25, -0.2) is 0 Å². The Balaban J connectivity index is 1.64. The smallest absolute Gasteiger partial charge is 0.119 e.